The van der Waals surface area contributed by atoms with Gasteiger partial charge in [0.25, 0.3) is 0 Å². The van der Waals surface area contributed by atoms with E-state index in [2.05, 4.69) is 30.9 Å². The normalized spacial score (nSPS) is 21.5. The van der Waals surface area contributed by atoms with Crippen LogP contribution in [0.2, 0.25) is 0 Å². The lowest BCUT2D eigenvalue weighted by molar-refractivity contribution is -0.0568. The fourth-order valence-electron chi connectivity index (χ4n) is 4.15. The topological polar surface area (TPSA) is 48.4 Å². The Bertz CT molecular complexity index is 807. The Hall–Kier alpha value is -1.67. The van der Waals surface area contributed by atoms with E-state index in [0.29, 0.717) is 12.2 Å². The average Bonchev–Trinajstić information content (AvgIpc) is 2.58. The summed E-state index contributed by atoms with van der Waals surface area (Å²) in [7, 11) is 0. The van der Waals surface area contributed by atoms with Crippen molar-refractivity contribution in [3.05, 3.63) is 28.0 Å². The van der Waals surface area contributed by atoms with E-state index in [-0.39, 0.29) is 17.3 Å². The van der Waals surface area contributed by atoms with Crippen molar-refractivity contribution in [1.29, 1.82) is 0 Å². The zero-order valence-corrected chi connectivity index (χ0v) is 18.1. The number of carbonyl (C=O) groups is 1. The summed E-state index contributed by atoms with van der Waals surface area (Å²) in [5.74, 6) is -0.265. The summed E-state index contributed by atoms with van der Waals surface area (Å²) in [5.41, 5.74) is 1.13. The Labute approximate surface area is 173 Å². The molecule has 2 saturated heterocycles. The lowest BCUT2D eigenvalue weighted by Gasteiger charge is -2.57. The lowest BCUT2D eigenvalue weighted by atomic mass is 9.73. The second-order valence-corrected chi connectivity index (χ2v) is 9.88. The Morgan fingerprint density at radius 2 is 1.93 bits per heavy atom. The van der Waals surface area contributed by atoms with Gasteiger partial charge in [-0.3, -0.25) is 10.0 Å². The van der Waals surface area contributed by atoms with Crippen molar-refractivity contribution >= 4 is 33.9 Å². The van der Waals surface area contributed by atoms with Crippen molar-refractivity contribution < 1.29 is 13.9 Å². The van der Waals surface area contributed by atoms with Crippen LogP contribution in [0, 0.1) is 11.2 Å². The first-order chi connectivity index (χ1) is 13.2. The molecular weight excluding hydrogens is 427 g/mol. The first-order valence-corrected chi connectivity index (χ1v) is 10.4. The van der Waals surface area contributed by atoms with Crippen molar-refractivity contribution in [2.45, 2.75) is 39.2 Å². The number of halogens is 2. The van der Waals surface area contributed by atoms with Crippen LogP contribution < -0.4 is 5.01 Å². The van der Waals surface area contributed by atoms with Crippen LogP contribution in [0.4, 0.5) is 14.9 Å². The third-order valence-corrected chi connectivity index (χ3v) is 6.10. The van der Waals surface area contributed by atoms with E-state index in [0.717, 1.165) is 49.2 Å². The summed E-state index contributed by atoms with van der Waals surface area (Å²) in [4.78, 5) is 18.4. The van der Waals surface area contributed by atoms with Crippen molar-refractivity contribution in [2.75, 3.05) is 37.9 Å². The number of amides is 1. The molecule has 1 spiro atoms. The van der Waals surface area contributed by atoms with Gasteiger partial charge in [-0.25, -0.2) is 14.2 Å². The molecule has 152 valence electrons. The fraction of sp³-hybridized carbons (Fsp3) is 0.600. The van der Waals surface area contributed by atoms with Crippen LogP contribution in [0.15, 0.2) is 21.6 Å². The highest BCUT2D eigenvalue weighted by Gasteiger charge is 2.48. The number of aliphatic imine (C=N–C) groups is 1. The second-order valence-electron chi connectivity index (χ2n) is 8.96. The molecule has 1 aromatic rings. The van der Waals surface area contributed by atoms with E-state index in [9.17, 15) is 9.18 Å². The Kier molecular flexibility index (Phi) is 4.90. The second kappa shape index (κ2) is 6.99. The number of likely N-dealkylation sites (tertiary alicyclic amines) is 1. The average molecular weight is 453 g/mol. The molecule has 0 N–H and O–H groups in total. The molecule has 1 amide bonds. The quantitative estimate of drug-likeness (QED) is 0.645. The van der Waals surface area contributed by atoms with Crippen LogP contribution in [0.5, 0.6) is 0 Å². The van der Waals surface area contributed by atoms with Gasteiger partial charge in [0, 0.05) is 42.3 Å². The van der Waals surface area contributed by atoms with Crippen LogP contribution in [-0.4, -0.2) is 60.7 Å². The zero-order chi connectivity index (χ0) is 20.1. The summed E-state index contributed by atoms with van der Waals surface area (Å²) >= 11 is 3.39. The SMILES string of the molecule is CC(C)(C)OC(=O)N1CCC2(CC1)CN(N1CN=Cc3c(F)cc(Br)cc31)C2. The van der Waals surface area contributed by atoms with Gasteiger partial charge < -0.3 is 9.64 Å². The summed E-state index contributed by atoms with van der Waals surface area (Å²) < 4.78 is 20.5. The molecule has 4 rings (SSSR count). The first kappa shape index (κ1) is 19.6. The number of carbonyl (C=O) groups excluding carboxylic acids is 1. The zero-order valence-electron chi connectivity index (χ0n) is 16.5. The van der Waals surface area contributed by atoms with Gasteiger partial charge in [0.15, 0.2) is 0 Å². The van der Waals surface area contributed by atoms with Gasteiger partial charge in [-0.05, 0) is 45.7 Å². The fourth-order valence-corrected chi connectivity index (χ4v) is 4.56. The highest BCUT2D eigenvalue weighted by atomic mass is 79.9. The molecule has 0 bridgehead atoms. The van der Waals surface area contributed by atoms with Crippen LogP contribution >= 0.6 is 15.9 Å². The standard InChI is InChI=1S/C20H26BrFN4O2/c1-19(2,3)28-18(27)24-6-4-20(5-7-24)11-25(12-20)26-13-23-10-15-16(22)8-14(21)9-17(15)26/h8-10H,4-7,11-13H2,1-3H3. The highest BCUT2D eigenvalue weighted by molar-refractivity contribution is 9.10. The molecule has 2 fully saturated rings. The third-order valence-electron chi connectivity index (χ3n) is 5.64. The van der Waals surface area contributed by atoms with E-state index in [4.69, 9.17) is 4.74 Å². The maximum atomic E-state index is 14.3. The molecule has 3 aliphatic rings. The van der Waals surface area contributed by atoms with Crippen molar-refractivity contribution in [3.63, 3.8) is 0 Å². The number of piperidine rings is 1. The number of fused-ring (bicyclic) bond motifs is 1. The van der Waals surface area contributed by atoms with Gasteiger partial charge in [0.05, 0.1) is 11.3 Å². The molecule has 0 unspecified atom stereocenters. The minimum atomic E-state index is -0.467. The molecular formula is C20H26BrFN4O2. The van der Waals surface area contributed by atoms with Crippen LogP contribution in [0.3, 0.4) is 0 Å². The van der Waals surface area contributed by atoms with Gasteiger partial charge in [-0.2, -0.15) is 0 Å². The van der Waals surface area contributed by atoms with Crippen molar-refractivity contribution in [1.82, 2.24) is 9.91 Å². The van der Waals surface area contributed by atoms with Crippen LogP contribution in [0.1, 0.15) is 39.2 Å². The molecule has 28 heavy (non-hydrogen) atoms. The number of hydrogen-bond acceptors (Lipinski definition) is 5. The predicted molar refractivity (Wildman–Crippen MR) is 110 cm³/mol. The van der Waals surface area contributed by atoms with Crippen LogP contribution in [0.25, 0.3) is 0 Å². The third kappa shape index (κ3) is 3.76. The summed E-state index contributed by atoms with van der Waals surface area (Å²) in [5, 5.41) is 4.30. The Morgan fingerprint density at radius 3 is 2.57 bits per heavy atom. The van der Waals surface area contributed by atoms with Gasteiger partial charge in [-0.15, -0.1) is 0 Å². The molecule has 0 aliphatic carbocycles. The summed E-state index contributed by atoms with van der Waals surface area (Å²) in [6, 6.07) is 3.41. The van der Waals surface area contributed by atoms with Gasteiger partial charge >= 0.3 is 6.09 Å². The molecule has 6 nitrogen and oxygen atoms in total. The number of ether oxygens (including phenoxy) is 1. The smallest absolute Gasteiger partial charge is 0.410 e. The number of hydrazine groups is 1. The minimum Gasteiger partial charge on any atom is -0.444 e. The molecule has 0 aromatic heterocycles. The molecule has 8 heteroatoms. The van der Waals surface area contributed by atoms with Gasteiger partial charge in [-0.1, -0.05) is 15.9 Å². The maximum Gasteiger partial charge on any atom is 0.410 e. The predicted octanol–water partition coefficient (Wildman–Crippen LogP) is 4.03. The summed E-state index contributed by atoms with van der Waals surface area (Å²) in [6.45, 7) is 9.41. The van der Waals surface area contributed by atoms with E-state index in [1.54, 1.807) is 6.21 Å². The number of anilines is 1. The van der Waals surface area contributed by atoms with E-state index < -0.39 is 5.60 Å². The number of hydrogen-bond donors (Lipinski definition) is 0. The molecule has 0 atom stereocenters. The van der Waals surface area contributed by atoms with Gasteiger partial charge in [0.2, 0.25) is 0 Å². The van der Waals surface area contributed by atoms with Crippen LogP contribution in [-0.2, 0) is 4.74 Å². The highest BCUT2D eigenvalue weighted by Crippen LogP contribution is 2.43. The molecule has 3 aliphatic heterocycles. The molecule has 1 aromatic carbocycles. The lowest BCUT2D eigenvalue weighted by Crippen LogP contribution is -2.66. The number of rotatable bonds is 1. The molecule has 0 radical (unpaired) electrons. The Morgan fingerprint density at radius 1 is 1.25 bits per heavy atom. The van der Waals surface area contributed by atoms with E-state index >= 15 is 0 Å². The van der Waals surface area contributed by atoms with Crippen molar-refractivity contribution in [3.8, 4) is 0 Å². The molecule has 0 saturated carbocycles. The summed E-state index contributed by atoms with van der Waals surface area (Å²) in [6.07, 6.45) is 3.31. The van der Waals surface area contributed by atoms with Crippen molar-refractivity contribution in [2.24, 2.45) is 10.4 Å². The molecule has 3 heterocycles. The first-order valence-electron chi connectivity index (χ1n) is 9.65. The van der Waals surface area contributed by atoms with Gasteiger partial charge in [0.1, 0.15) is 18.1 Å². The minimum absolute atomic E-state index is 0.213. The largest absolute Gasteiger partial charge is 0.444 e. The number of nitrogens with zero attached hydrogens (tertiary/aromatic N) is 4. The van der Waals surface area contributed by atoms with E-state index in [1.807, 2.05) is 31.7 Å². The monoisotopic (exact) mass is 452 g/mol. The number of benzene rings is 1. The Balaban J connectivity index is 1.37. The van der Waals surface area contributed by atoms with E-state index in [1.165, 1.54) is 6.07 Å². The maximum absolute atomic E-state index is 14.3.